The summed E-state index contributed by atoms with van der Waals surface area (Å²) in [5.74, 6) is -0.749. The molecule has 39 heavy (non-hydrogen) atoms. The summed E-state index contributed by atoms with van der Waals surface area (Å²) in [6.45, 7) is 0.511. The fourth-order valence-corrected chi connectivity index (χ4v) is 3.91. The van der Waals surface area contributed by atoms with E-state index in [9.17, 15) is 19.2 Å². The van der Waals surface area contributed by atoms with Crippen molar-refractivity contribution >= 4 is 23.9 Å². The van der Waals surface area contributed by atoms with Crippen molar-refractivity contribution < 1.29 is 42.9 Å². The van der Waals surface area contributed by atoms with E-state index in [1.807, 2.05) is 0 Å². The molecule has 0 spiro atoms. The first kappa shape index (κ1) is 27.1. The topological polar surface area (TPSA) is 114 Å². The Morgan fingerprint density at radius 3 is 1.67 bits per heavy atom. The van der Waals surface area contributed by atoms with Crippen molar-refractivity contribution in [1.82, 2.24) is 0 Å². The SMILES string of the molecule is C#C[C@]1(COC(=O)c2ccccc2)OC(OC(C)=O)[C@H](OC(=O)c2ccccc2)[C@@H]1OC(=O)c1ccccc1. The van der Waals surface area contributed by atoms with Crippen LogP contribution in [0.4, 0.5) is 0 Å². The molecule has 0 amide bonds. The Balaban J connectivity index is 1.69. The van der Waals surface area contributed by atoms with Crippen molar-refractivity contribution in [2.45, 2.75) is 31.0 Å². The van der Waals surface area contributed by atoms with Gasteiger partial charge in [0.1, 0.15) is 6.61 Å². The van der Waals surface area contributed by atoms with Gasteiger partial charge >= 0.3 is 23.9 Å². The van der Waals surface area contributed by atoms with Crippen LogP contribution in [0.15, 0.2) is 91.0 Å². The lowest BCUT2D eigenvalue weighted by molar-refractivity contribution is -0.195. The highest BCUT2D eigenvalue weighted by atomic mass is 16.8. The van der Waals surface area contributed by atoms with Gasteiger partial charge in [-0.1, -0.05) is 60.5 Å². The molecule has 3 aromatic carbocycles. The first-order chi connectivity index (χ1) is 18.8. The highest BCUT2D eigenvalue weighted by Crippen LogP contribution is 2.37. The lowest BCUT2D eigenvalue weighted by Crippen LogP contribution is -2.50. The maximum atomic E-state index is 13.1. The van der Waals surface area contributed by atoms with E-state index in [-0.39, 0.29) is 16.7 Å². The van der Waals surface area contributed by atoms with Gasteiger partial charge < -0.3 is 23.7 Å². The average Bonchev–Trinajstić information content (AvgIpc) is 3.24. The van der Waals surface area contributed by atoms with E-state index in [0.717, 1.165) is 6.92 Å². The van der Waals surface area contributed by atoms with Crippen molar-refractivity contribution in [3.8, 4) is 12.3 Å². The van der Waals surface area contributed by atoms with Crippen molar-refractivity contribution in [3.05, 3.63) is 108 Å². The van der Waals surface area contributed by atoms with Crippen LogP contribution in [0, 0.1) is 12.3 Å². The van der Waals surface area contributed by atoms with Crippen LogP contribution in [0.5, 0.6) is 0 Å². The molecule has 9 nitrogen and oxygen atoms in total. The molecule has 1 aliphatic heterocycles. The monoisotopic (exact) mass is 528 g/mol. The minimum Gasteiger partial charge on any atom is -0.458 e. The lowest BCUT2D eigenvalue weighted by atomic mass is 9.96. The number of hydrogen-bond acceptors (Lipinski definition) is 9. The highest BCUT2D eigenvalue weighted by molar-refractivity contribution is 5.91. The Morgan fingerprint density at radius 1 is 0.744 bits per heavy atom. The summed E-state index contributed by atoms with van der Waals surface area (Å²) < 4.78 is 28.0. The summed E-state index contributed by atoms with van der Waals surface area (Å²) in [5.41, 5.74) is -1.38. The van der Waals surface area contributed by atoms with Gasteiger partial charge in [-0.25, -0.2) is 14.4 Å². The smallest absolute Gasteiger partial charge is 0.338 e. The van der Waals surface area contributed by atoms with E-state index >= 15 is 0 Å². The molecular formula is C30H24O9. The third kappa shape index (κ3) is 6.32. The van der Waals surface area contributed by atoms with Crippen LogP contribution in [0.2, 0.25) is 0 Å². The van der Waals surface area contributed by atoms with Gasteiger partial charge in [-0.05, 0) is 36.4 Å². The molecule has 198 valence electrons. The molecular weight excluding hydrogens is 504 g/mol. The molecule has 0 radical (unpaired) electrons. The fraction of sp³-hybridized carbons (Fsp3) is 0.200. The van der Waals surface area contributed by atoms with Gasteiger partial charge in [0.15, 0.2) is 6.10 Å². The Labute approximate surface area is 224 Å². The molecule has 0 bridgehead atoms. The number of esters is 4. The largest absolute Gasteiger partial charge is 0.458 e. The number of hydrogen-bond donors (Lipinski definition) is 0. The van der Waals surface area contributed by atoms with Crippen LogP contribution in [-0.4, -0.2) is 54.6 Å². The number of benzene rings is 3. The number of carbonyl (C=O) groups excluding carboxylic acids is 4. The lowest BCUT2D eigenvalue weighted by Gasteiger charge is -2.29. The fourth-order valence-electron chi connectivity index (χ4n) is 3.91. The van der Waals surface area contributed by atoms with E-state index in [1.165, 1.54) is 24.3 Å². The normalized spacial score (nSPS) is 21.7. The summed E-state index contributed by atoms with van der Waals surface area (Å²) in [4.78, 5) is 50.7. The molecule has 1 fully saturated rings. The molecule has 1 unspecified atom stereocenters. The second kappa shape index (κ2) is 12.1. The highest BCUT2D eigenvalue weighted by Gasteiger charge is 2.61. The zero-order valence-electron chi connectivity index (χ0n) is 20.9. The maximum absolute atomic E-state index is 13.1. The number of carbonyl (C=O) groups is 4. The van der Waals surface area contributed by atoms with Crippen LogP contribution in [0.25, 0.3) is 0 Å². The van der Waals surface area contributed by atoms with Gasteiger partial charge in [0.2, 0.25) is 18.0 Å². The first-order valence-corrected chi connectivity index (χ1v) is 11.9. The van der Waals surface area contributed by atoms with E-state index < -0.39 is 54.6 Å². The summed E-state index contributed by atoms with van der Waals surface area (Å²) in [6.07, 6.45) is 1.25. The van der Waals surface area contributed by atoms with Crippen molar-refractivity contribution in [2.24, 2.45) is 0 Å². The third-order valence-corrected chi connectivity index (χ3v) is 5.80. The van der Waals surface area contributed by atoms with Gasteiger partial charge in [-0.15, -0.1) is 6.42 Å². The number of terminal acetylenes is 1. The molecule has 1 aliphatic rings. The van der Waals surface area contributed by atoms with Crippen LogP contribution in [-0.2, 0) is 28.5 Å². The quantitative estimate of drug-likeness (QED) is 0.246. The zero-order chi connectivity index (χ0) is 27.8. The van der Waals surface area contributed by atoms with Gasteiger partial charge in [0.25, 0.3) is 0 Å². The maximum Gasteiger partial charge on any atom is 0.338 e. The molecule has 9 heteroatoms. The van der Waals surface area contributed by atoms with Crippen LogP contribution in [0.1, 0.15) is 38.0 Å². The summed E-state index contributed by atoms with van der Waals surface area (Å²) in [6, 6.07) is 24.1. The summed E-state index contributed by atoms with van der Waals surface area (Å²) in [5, 5.41) is 0. The van der Waals surface area contributed by atoms with E-state index in [0.29, 0.717) is 0 Å². The van der Waals surface area contributed by atoms with E-state index in [2.05, 4.69) is 5.92 Å². The van der Waals surface area contributed by atoms with Crippen molar-refractivity contribution in [3.63, 3.8) is 0 Å². The second-order valence-corrected chi connectivity index (χ2v) is 8.50. The molecule has 0 N–H and O–H groups in total. The summed E-state index contributed by atoms with van der Waals surface area (Å²) >= 11 is 0. The molecule has 4 rings (SSSR count). The number of ether oxygens (including phenoxy) is 5. The Bertz CT molecular complexity index is 1370. The minimum absolute atomic E-state index is 0.175. The Hall–Kier alpha value is -4.94. The Kier molecular flexibility index (Phi) is 8.39. The summed E-state index contributed by atoms with van der Waals surface area (Å²) in [7, 11) is 0. The second-order valence-electron chi connectivity index (χ2n) is 8.50. The Morgan fingerprint density at radius 2 is 1.21 bits per heavy atom. The van der Waals surface area contributed by atoms with Crippen LogP contribution >= 0.6 is 0 Å². The molecule has 1 saturated heterocycles. The third-order valence-electron chi connectivity index (χ3n) is 5.80. The molecule has 1 heterocycles. The molecule has 3 aromatic rings. The van der Waals surface area contributed by atoms with Crippen molar-refractivity contribution in [1.29, 1.82) is 0 Å². The average molecular weight is 529 g/mol. The molecule has 0 aromatic heterocycles. The van der Waals surface area contributed by atoms with Gasteiger partial charge in [0.05, 0.1) is 16.7 Å². The van der Waals surface area contributed by atoms with Crippen LogP contribution in [0.3, 0.4) is 0 Å². The number of rotatable bonds is 8. The zero-order valence-corrected chi connectivity index (χ0v) is 20.9. The molecule has 4 atom stereocenters. The minimum atomic E-state index is -1.98. The molecule has 0 aliphatic carbocycles. The van der Waals surface area contributed by atoms with Crippen LogP contribution < -0.4 is 0 Å². The molecule has 0 saturated carbocycles. The van der Waals surface area contributed by atoms with Gasteiger partial charge in [-0.3, -0.25) is 4.79 Å². The van der Waals surface area contributed by atoms with E-state index in [1.54, 1.807) is 66.7 Å². The van der Waals surface area contributed by atoms with Gasteiger partial charge in [-0.2, -0.15) is 0 Å². The van der Waals surface area contributed by atoms with E-state index in [4.69, 9.17) is 30.1 Å². The predicted octanol–water partition coefficient (Wildman–Crippen LogP) is 3.59. The standard InChI is InChI=1S/C30H24O9/c1-3-30(19-35-26(32)21-13-7-4-8-14-21)25(38-28(34)23-17-11-6-12-18-23)24(29(39-30)36-20(2)31)37-27(33)22-15-9-5-10-16-22/h1,4-18,24-25,29H,19H2,2H3/t24-,25+,29?,30-/m1/s1. The van der Waals surface area contributed by atoms with Gasteiger partial charge in [0, 0.05) is 6.92 Å². The predicted molar refractivity (Wildman–Crippen MR) is 136 cm³/mol. The first-order valence-electron chi connectivity index (χ1n) is 11.9. The van der Waals surface area contributed by atoms with Crippen molar-refractivity contribution in [2.75, 3.05) is 6.61 Å².